The van der Waals surface area contributed by atoms with E-state index in [1.54, 1.807) is 13.0 Å². The average molecular weight is 341 g/mol. The molecule has 25 heavy (non-hydrogen) atoms. The van der Waals surface area contributed by atoms with Crippen molar-refractivity contribution in [3.05, 3.63) is 65.2 Å². The third-order valence-electron chi connectivity index (χ3n) is 3.72. The molecule has 0 aliphatic carbocycles. The van der Waals surface area contributed by atoms with E-state index in [9.17, 15) is 9.59 Å². The summed E-state index contributed by atoms with van der Waals surface area (Å²) in [6, 6.07) is 15.2. The van der Waals surface area contributed by atoms with Crippen LogP contribution in [0.5, 0.6) is 5.75 Å². The third kappa shape index (κ3) is 5.95. The van der Waals surface area contributed by atoms with E-state index in [1.165, 1.54) is 0 Å². The van der Waals surface area contributed by atoms with Crippen molar-refractivity contribution < 1.29 is 19.1 Å². The summed E-state index contributed by atoms with van der Waals surface area (Å²) < 4.78 is 10.5. The van der Waals surface area contributed by atoms with Crippen molar-refractivity contribution in [3.63, 3.8) is 0 Å². The Hall–Kier alpha value is -2.82. The smallest absolute Gasteiger partial charge is 0.347 e. The molecule has 132 valence electrons. The average Bonchev–Trinajstić information content (AvgIpc) is 2.59. The van der Waals surface area contributed by atoms with Crippen LogP contribution in [0, 0.1) is 13.8 Å². The molecule has 0 spiro atoms. The number of ether oxygens (including phenoxy) is 2. The van der Waals surface area contributed by atoms with Gasteiger partial charge in [-0.1, -0.05) is 36.4 Å². The Morgan fingerprint density at radius 1 is 1.08 bits per heavy atom. The molecule has 0 bridgehead atoms. The molecule has 2 aromatic rings. The second-order valence-corrected chi connectivity index (χ2v) is 5.89. The van der Waals surface area contributed by atoms with Crippen LogP contribution in [0.4, 0.5) is 0 Å². The highest BCUT2D eigenvalue weighted by Crippen LogP contribution is 2.14. The number of hydrogen-bond acceptors (Lipinski definition) is 4. The van der Waals surface area contributed by atoms with Gasteiger partial charge in [0.2, 0.25) is 0 Å². The minimum Gasteiger partial charge on any atom is -0.479 e. The van der Waals surface area contributed by atoms with Gasteiger partial charge >= 0.3 is 5.97 Å². The molecule has 2 rings (SSSR count). The molecule has 0 fully saturated rings. The number of nitrogens with one attached hydrogen (secondary N) is 1. The summed E-state index contributed by atoms with van der Waals surface area (Å²) in [4.78, 5) is 23.8. The van der Waals surface area contributed by atoms with Gasteiger partial charge in [-0.3, -0.25) is 4.79 Å². The van der Waals surface area contributed by atoms with E-state index >= 15 is 0 Å². The zero-order chi connectivity index (χ0) is 18.2. The van der Waals surface area contributed by atoms with E-state index in [4.69, 9.17) is 9.47 Å². The molecule has 5 nitrogen and oxygen atoms in total. The van der Waals surface area contributed by atoms with E-state index in [-0.39, 0.29) is 12.5 Å². The third-order valence-corrected chi connectivity index (χ3v) is 3.72. The first kappa shape index (κ1) is 18.5. The molecule has 0 heterocycles. The van der Waals surface area contributed by atoms with Crippen LogP contribution in [-0.2, 0) is 20.9 Å². The molecular weight excluding hydrogens is 318 g/mol. The molecule has 0 aliphatic heterocycles. The van der Waals surface area contributed by atoms with Gasteiger partial charge in [-0.05, 0) is 49.6 Å². The lowest BCUT2D eigenvalue weighted by atomic mass is 10.1. The lowest BCUT2D eigenvalue weighted by Crippen LogP contribution is -2.32. The summed E-state index contributed by atoms with van der Waals surface area (Å²) >= 11 is 0. The first-order valence-electron chi connectivity index (χ1n) is 8.17. The molecule has 2 aromatic carbocycles. The number of aryl methyl sites for hydroxylation is 2. The molecule has 1 atom stereocenters. The van der Waals surface area contributed by atoms with Gasteiger partial charge < -0.3 is 14.8 Å². The van der Waals surface area contributed by atoms with Crippen LogP contribution in [0.1, 0.15) is 23.6 Å². The van der Waals surface area contributed by atoms with Crippen LogP contribution in [0.2, 0.25) is 0 Å². The maximum atomic E-state index is 11.9. The normalized spacial score (nSPS) is 11.5. The van der Waals surface area contributed by atoms with Gasteiger partial charge in [0.25, 0.3) is 5.91 Å². The molecule has 0 aliphatic rings. The van der Waals surface area contributed by atoms with Gasteiger partial charge in [0, 0.05) is 6.54 Å². The Labute approximate surface area is 148 Å². The van der Waals surface area contributed by atoms with Gasteiger partial charge in [0.05, 0.1) is 0 Å². The Morgan fingerprint density at radius 3 is 2.56 bits per heavy atom. The SMILES string of the molecule is Cc1cccc(O[C@@H](C)C(=O)OCC(=O)NCc2ccccc2C)c1. The van der Waals surface area contributed by atoms with Crippen LogP contribution in [0.15, 0.2) is 48.5 Å². The molecular formula is C20H23NO4. The van der Waals surface area contributed by atoms with Crippen LogP contribution < -0.4 is 10.1 Å². The van der Waals surface area contributed by atoms with E-state index < -0.39 is 12.1 Å². The van der Waals surface area contributed by atoms with Gasteiger partial charge in [-0.25, -0.2) is 4.79 Å². The van der Waals surface area contributed by atoms with E-state index in [0.29, 0.717) is 12.3 Å². The molecule has 1 amide bonds. The monoisotopic (exact) mass is 341 g/mol. The van der Waals surface area contributed by atoms with Crippen molar-refractivity contribution in [1.82, 2.24) is 5.32 Å². The standard InChI is InChI=1S/C20H23NO4/c1-14-7-6-10-18(11-14)25-16(3)20(23)24-13-19(22)21-12-17-9-5-4-8-15(17)2/h4-11,16H,12-13H2,1-3H3,(H,21,22)/t16-/m0/s1. The summed E-state index contributed by atoms with van der Waals surface area (Å²) in [5.74, 6) is -0.333. The van der Waals surface area contributed by atoms with Crippen molar-refractivity contribution in [1.29, 1.82) is 0 Å². The molecule has 1 N–H and O–H groups in total. The van der Waals surface area contributed by atoms with Gasteiger partial charge in [0.15, 0.2) is 12.7 Å². The van der Waals surface area contributed by atoms with Crippen molar-refractivity contribution in [2.24, 2.45) is 0 Å². The molecule has 0 saturated carbocycles. The fourth-order valence-electron chi connectivity index (χ4n) is 2.25. The number of amides is 1. The van der Waals surface area contributed by atoms with Crippen molar-refractivity contribution in [2.45, 2.75) is 33.4 Å². The summed E-state index contributed by atoms with van der Waals surface area (Å²) in [5.41, 5.74) is 3.16. The summed E-state index contributed by atoms with van der Waals surface area (Å²) in [5, 5.41) is 2.73. The maximum Gasteiger partial charge on any atom is 0.347 e. The largest absolute Gasteiger partial charge is 0.479 e. The van der Waals surface area contributed by atoms with E-state index in [1.807, 2.05) is 56.3 Å². The highest BCUT2D eigenvalue weighted by Gasteiger charge is 2.17. The number of carbonyl (C=O) groups is 2. The van der Waals surface area contributed by atoms with Gasteiger partial charge in [-0.15, -0.1) is 0 Å². The fraction of sp³-hybridized carbons (Fsp3) is 0.300. The first-order valence-corrected chi connectivity index (χ1v) is 8.17. The van der Waals surface area contributed by atoms with Crippen molar-refractivity contribution in [3.8, 4) is 5.75 Å². The Bertz CT molecular complexity index is 742. The molecule has 0 aromatic heterocycles. The predicted octanol–water partition coefficient (Wildman–Crippen LogP) is 2.93. The quantitative estimate of drug-likeness (QED) is 0.787. The van der Waals surface area contributed by atoms with Crippen LogP contribution >= 0.6 is 0 Å². The number of hydrogen-bond donors (Lipinski definition) is 1. The molecule has 0 unspecified atom stereocenters. The van der Waals surface area contributed by atoms with Crippen LogP contribution in [0.3, 0.4) is 0 Å². The van der Waals surface area contributed by atoms with E-state index in [0.717, 1.165) is 16.7 Å². The fourth-order valence-corrected chi connectivity index (χ4v) is 2.25. The Balaban J connectivity index is 1.75. The second kappa shape index (κ2) is 8.87. The van der Waals surface area contributed by atoms with Crippen LogP contribution in [-0.4, -0.2) is 24.6 Å². The summed E-state index contributed by atoms with van der Waals surface area (Å²) in [6.45, 7) is 5.58. The Kier molecular flexibility index (Phi) is 6.57. The van der Waals surface area contributed by atoms with Gasteiger partial charge in [-0.2, -0.15) is 0 Å². The molecule has 0 radical (unpaired) electrons. The number of esters is 1. The zero-order valence-corrected chi connectivity index (χ0v) is 14.7. The highest BCUT2D eigenvalue weighted by molar-refractivity contribution is 5.82. The lowest BCUT2D eigenvalue weighted by Gasteiger charge is -2.14. The number of benzene rings is 2. The number of rotatable bonds is 7. The molecule has 0 saturated heterocycles. The summed E-state index contributed by atoms with van der Waals surface area (Å²) in [7, 11) is 0. The number of carbonyl (C=O) groups excluding carboxylic acids is 2. The lowest BCUT2D eigenvalue weighted by molar-refractivity contribution is -0.154. The minimum absolute atomic E-state index is 0.327. The highest BCUT2D eigenvalue weighted by atomic mass is 16.6. The zero-order valence-electron chi connectivity index (χ0n) is 14.7. The summed E-state index contributed by atoms with van der Waals surface area (Å²) in [6.07, 6.45) is -0.786. The van der Waals surface area contributed by atoms with Crippen molar-refractivity contribution in [2.75, 3.05) is 6.61 Å². The first-order chi connectivity index (χ1) is 12.0. The second-order valence-electron chi connectivity index (χ2n) is 5.89. The van der Waals surface area contributed by atoms with Gasteiger partial charge in [0.1, 0.15) is 5.75 Å². The molecule has 5 heteroatoms. The minimum atomic E-state index is -0.786. The predicted molar refractivity (Wildman–Crippen MR) is 95.3 cm³/mol. The van der Waals surface area contributed by atoms with Crippen LogP contribution in [0.25, 0.3) is 0 Å². The van der Waals surface area contributed by atoms with E-state index in [2.05, 4.69) is 5.32 Å². The Morgan fingerprint density at radius 2 is 1.84 bits per heavy atom. The van der Waals surface area contributed by atoms with Crippen molar-refractivity contribution >= 4 is 11.9 Å². The maximum absolute atomic E-state index is 11.9. The topological polar surface area (TPSA) is 64.6 Å².